The van der Waals surface area contributed by atoms with Crippen molar-refractivity contribution in [3.8, 4) is 5.75 Å². The van der Waals surface area contributed by atoms with Crippen LogP contribution in [0.4, 0.5) is 0 Å². The predicted molar refractivity (Wildman–Crippen MR) is 109 cm³/mol. The normalized spacial score (nSPS) is 17.4. The van der Waals surface area contributed by atoms with Crippen LogP contribution in [0.1, 0.15) is 59.3 Å². The molecule has 0 spiro atoms. The van der Waals surface area contributed by atoms with Gasteiger partial charge in [0.2, 0.25) is 17.7 Å². The number of piperidine rings is 1. The minimum Gasteiger partial charge on any atom is -0.497 e. The van der Waals surface area contributed by atoms with Gasteiger partial charge in [-0.3, -0.25) is 9.59 Å². The molecule has 8 nitrogen and oxygen atoms in total. The Morgan fingerprint density at radius 2 is 1.83 bits per heavy atom. The summed E-state index contributed by atoms with van der Waals surface area (Å²) < 4.78 is 11.0. The molecular formula is C22H28N4O4. The van der Waals surface area contributed by atoms with Gasteiger partial charge in [0.05, 0.1) is 7.11 Å². The van der Waals surface area contributed by atoms with Crippen LogP contribution < -0.4 is 4.74 Å². The Labute approximate surface area is 176 Å². The molecule has 2 aliphatic heterocycles. The summed E-state index contributed by atoms with van der Waals surface area (Å²) in [6.45, 7) is 4.84. The minimum absolute atomic E-state index is 0.0380. The van der Waals surface area contributed by atoms with Gasteiger partial charge in [-0.05, 0) is 56.4 Å². The number of ether oxygens (including phenoxy) is 1. The standard InChI is InChI=1S/C22H28N4O4/c1-15-13-17(29-2)5-6-18(15)22(28)26-11-7-16(8-12-26)21-24-23-19(30-21)14-20(27)25-9-3-4-10-25/h5-6,13,16H,3-4,7-12,14H2,1-2H3. The van der Waals surface area contributed by atoms with E-state index >= 15 is 0 Å². The molecule has 2 amide bonds. The summed E-state index contributed by atoms with van der Waals surface area (Å²) in [6, 6.07) is 5.52. The van der Waals surface area contributed by atoms with E-state index in [0.29, 0.717) is 30.4 Å². The van der Waals surface area contributed by atoms with Crippen molar-refractivity contribution in [3.05, 3.63) is 41.1 Å². The van der Waals surface area contributed by atoms with Crippen LogP contribution in [0.2, 0.25) is 0 Å². The molecule has 2 aliphatic rings. The second-order valence-electron chi connectivity index (χ2n) is 8.05. The third kappa shape index (κ3) is 4.32. The number of benzene rings is 1. The molecule has 2 aromatic rings. The van der Waals surface area contributed by atoms with Crippen LogP contribution in [0.5, 0.6) is 5.75 Å². The Morgan fingerprint density at radius 1 is 1.10 bits per heavy atom. The number of carbonyl (C=O) groups excluding carboxylic acids is 2. The van der Waals surface area contributed by atoms with Gasteiger partial charge in [0, 0.05) is 37.7 Å². The fraction of sp³-hybridized carbons (Fsp3) is 0.545. The average molecular weight is 412 g/mol. The van der Waals surface area contributed by atoms with Crippen LogP contribution in [0.25, 0.3) is 0 Å². The van der Waals surface area contributed by atoms with Crippen LogP contribution in [0.3, 0.4) is 0 Å². The monoisotopic (exact) mass is 412 g/mol. The molecule has 0 atom stereocenters. The molecule has 1 aromatic heterocycles. The third-order valence-electron chi connectivity index (χ3n) is 6.04. The Hall–Kier alpha value is -2.90. The summed E-state index contributed by atoms with van der Waals surface area (Å²) in [5, 5.41) is 8.25. The van der Waals surface area contributed by atoms with Gasteiger partial charge < -0.3 is 19.0 Å². The van der Waals surface area contributed by atoms with Crippen LogP contribution in [-0.2, 0) is 11.2 Å². The van der Waals surface area contributed by atoms with Crippen LogP contribution in [0.15, 0.2) is 22.6 Å². The van der Waals surface area contributed by atoms with E-state index in [1.54, 1.807) is 7.11 Å². The van der Waals surface area contributed by atoms with Crippen molar-refractivity contribution in [3.63, 3.8) is 0 Å². The molecule has 0 bridgehead atoms. The number of hydrogen-bond acceptors (Lipinski definition) is 6. The first kappa shape index (κ1) is 20.4. The average Bonchev–Trinajstić information content (AvgIpc) is 3.46. The molecule has 1 aromatic carbocycles. The molecule has 0 unspecified atom stereocenters. The molecule has 0 aliphatic carbocycles. The lowest BCUT2D eigenvalue weighted by molar-refractivity contribution is -0.129. The van der Waals surface area contributed by atoms with Gasteiger partial charge in [-0.2, -0.15) is 0 Å². The minimum atomic E-state index is 0.0380. The van der Waals surface area contributed by atoms with Crippen molar-refractivity contribution in [2.24, 2.45) is 0 Å². The fourth-order valence-electron chi connectivity index (χ4n) is 4.21. The highest BCUT2D eigenvalue weighted by molar-refractivity contribution is 5.95. The number of aryl methyl sites for hydroxylation is 1. The second-order valence-corrected chi connectivity index (χ2v) is 8.05. The van der Waals surface area contributed by atoms with Gasteiger partial charge in [0.25, 0.3) is 5.91 Å². The van der Waals surface area contributed by atoms with Gasteiger partial charge in [-0.1, -0.05) is 0 Å². The zero-order valence-electron chi connectivity index (χ0n) is 17.6. The van der Waals surface area contributed by atoms with E-state index < -0.39 is 0 Å². The summed E-state index contributed by atoms with van der Waals surface area (Å²) >= 11 is 0. The number of likely N-dealkylation sites (tertiary alicyclic amines) is 2. The predicted octanol–water partition coefficient (Wildman–Crippen LogP) is 2.57. The molecule has 30 heavy (non-hydrogen) atoms. The summed E-state index contributed by atoms with van der Waals surface area (Å²) in [5.41, 5.74) is 1.61. The Morgan fingerprint density at radius 3 is 2.50 bits per heavy atom. The maximum absolute atomic E-state index is 12.9. The molecule has 2 saturated heterocycles. The second kappa shape index (κ2) is 8.85. The van der Waals surface area contributed by atoms with E-state index in [-0.39, 0.29) is 24.2 Å². The Kier molecular flexibility index (Phi) is 6.01. The number of aromatic nitrogens is 2. The van der Waals surface area contributed by atoms with Gasteiger partial charge >= 0.3 is 0 Å². The van der Waals surface area contributed by atoms with Crippen LogP contribution in [-0.4, -0.2) is 65.1 Å². The molecule has 2 fully saturated rings. The highest BCUT2D eigenvalue weighted by atomic mass is 16.5. The van der Waals surface area contributed by atoms with Crippen molar-refractivity contribution in [1.82, 2.24) is 20.0 Å². The molecular weight excluding hydrogens is 384 g/mol. The first-order valence-corrected chi connectivity index (χ1v) is 10.6. The van der Waals surface area contributed by atoms with Crippen LogP contribution in [0, 0.1) is 6.92 Å². The zero-order chi connectivity index (χ0) is 21.1. The Balaban J connectivity index is 1.33. The summed E-state index contributed by atoms with van der Waals surface area (Å²) in [7, 11) is 1.62. The van der Waals surface area contributed by atoms with Crippen molar-refractivity contribution >= 4 is 11.8 Å². The lowest BCUT2D eigenvalue weighted by Gasteiger charge is -2.31. The summed E-state index contributed by atoms with van der Waals surface area (Å²) in [6.07, 6.45) is 3.83. The molecule has 0 saturated carbocycles. The molecule has 4 rings (SSSR count). The smallest absolute Gasteiger partial charge is 0.254 e. The van der Waals surface area contributed by atoms with E-state index in [0.717, 1.165) is 50.1 Å². The van der Waals surface area contributed by atoms with Gasteiger partial charge in [0.1, 0.15) is 12.2 Å². The molecule has 8 heteroatoms. The zero-order valence-corrected chi connectivity index (χ0v) is 17.6. The van der Waals surface area contributed by atoms with E-state index in [1.807, 2.05) is 34.9 Å². The summed E-state index contributed by atoms with van der Waals surface area (Å²) in [4.78, 5) is 28.9. The lowest BCUT2D eigenvalue weighted by Crippen LogP contribution is -2.38. The number of hydrogen-bond donors (Lipinski definition) is 0. The van der Waals surface area contributed by atoms with Gasteiger partial charge in [-0.15, -0.1) is 10.2 Å². The van der Waals surface area contributed by atoms with E-state index in [1.165, 1.54) is 0 Å². The van der Waals surface area contributed by atoms with Crippen molar-refractivity contribution in [2.45, 2.75) is 44.9 Å². The number of nitrogens with zero attached hydrogens (tertiary/aromatic N) is 4. The lowest BCUT2D eigenvalue weighted by atomic mass is 9.96. The summed E-state index contributed by atoms with van der Waals surface area (Å²) in [5.74, 6) is 1.92. The number of carbonyl (C=O) groups is 2. The largest absolute Gasteiger partial charge is 0.497 e. The van der Waals surface area contributed by atoms with Gasteiger partial charge in [0.15, 0.2) is 0 Å². The maximum atomic E-state index is 12.9. The first-order chi connectivity index (χ1) is 14.5. The molecule has 0 radical (unpaired) electrons. The van der Waals surface area contributed by atoms with E-state index in [4.69, 9.17) is 9.15 Å². The highest BCUT2D eigenvalue weighted by Gasteiger charge is 2.29. The SMILES string of the molecule is COc1ccc(C(=O)N2CCC(c3nnc(CC(=O)N4CCCC4)o3)CC2)c(C)c1. The quantitative estimate of drug-likeness (QED) is 0.750. The van der Waals surface area contributed by atoms with E-state index in [9.17, 15) is 9.59 Å². The van der Waals surface area contributed by atoms with Crippen LogP contribution >= 0.6 is 0 Å². The van der Waals surface area contributed by atoms with Crippen molar-refractivity contribution < 1.29 is 18.7 Å². The van der Waals surface area contributed by atoms with Crippen molar-refractivity contribution in [1.29, 1.82) is 0 Å². The fourth-order valence-corrected chi connectivity index (χ4v) is 4.21. The topological polar surface area (TPSA) is 88.8 Å². The van der Waals surface area contributed by atoms with Crippen molar-refractivity contribution in [2.75, 3.05) is 33.3 Å². The Bertz CT molecular complexity index is 912. The maximum Gasteiger partial charge on any atom is 0.254 e. The highest BCUT2D eigenvalue weighted by Crippen LogP contribution is 2.29. The molecule has 0 N–H and O–H groups in total. The molecule has 3 heterocycles. The number of amides is 2. The number of methoxy groups -OCH3 is 1. The third-order valence-corrected chi connectivity index (χ3v) is 6.04. The van der Waals surface area contributed by atoms with E-state index in [2.05, 4.69) is 10.2 Å². The number of rotatable bonds is 5. The molecule has 160 valence electrons. The first-order valence-electron chi connectivity index (χ1n) is 10.6. The van der Waals surface area contributed by atoms with Gasteiger partial charge in [-0.25, -0.2) is 0 Å².